The number of nitrogens with one attached hydrogen (secondary N) is 1. The molecule has 0 aromatic heterocycles. The smallest absolute Gasteiger partial charge is 0.344 e. The molecule has 0 fully saturated rings. The van der Waals surface area contributed by atoms with Crippen molar-refractivity contribution in [2.24, 2.45) is 0 Å². The molecule has 28 heavy (non-hydrogen) atoms. The molecule has 148 valence electrons. The third kappa shape index (κ3) is 6.31. The second-order valence-electron chi connectivity index (χ2n) is 5.60. The lowest BCUT2D eigenvalue weighted by atomic mass is 10.2. The minimum atomic E-state index is -0.680. The summed E-state index contributed by atoms with van der Waals surface area (Å²) < 4.78 is 20.4. The minimum absolute atomic E-state index is 0.246. The summed E-state index contributed by atoms with van der Waals surface area (Å²) in [6.07, 6.45) is 0.707. The van der Waals surface area contributed by atoms with Crippen LogP contribution in [0.15, 0.2) is 42.5 Å². The zero-order valence-corrected chi connectivity index (χ0v) is 15.6. The molecular weight excluding hydrogens is 366 g/mol. The van der Waals surface area contributed by atoms with E-state index in [-0.39, 0.29) is 13.2 Å². The highest BCUT2D eigenvalue weighted by molar-refractivity contribution is 5.81. The van der Waals surface area contributed by atoms with Gasteiger partial charge in [0.2, 0.25) is 0 Å². The summed E-state index contributed by atoms with van der Waals surface area (Å²) >= 11 is 0. The molecule has 0 saturated heterocycles. The fourth-order valence-electron chi connectivity index (χ4n) is 2.21. The maximum atomic E-state index is 11.8. The second kappa shape index (κ2) is 10.6. The van der Waals surface area contributed by atoms with E-state index in [1.54, 1.807) is 42.5 Å². The predicted octanol–water partition coefficient (Wildman–Crippen LogP) is 1.75. The van der Waals surface area contributed by atoms with Gasteiger partial charge in [0, 0.05) is 12.1 Å². The van der Waals surface area contributed by atoms with Crippen molar-refractivity contribution in [2.75, 3.05) is 27.4 Å². The highest BCUT2D eigenvalue weighted by Crippen LogP contribution is 2.27. The first-order chi connectivity index (χ1) is 13.5. The van der Waals surface area contributed by atoms with Crippen LogP contribution in [0.5, 0.6) is 17.2 Å². The van der Waals surface area contributed by atoms with Gasteiger partial charge in [-0.1, -0.05) is 6.07 Å². The van der Waals surface area contributed by atoms with E-state index in [0.717, 1.165) is 5.56 Å². The average molecular weight is 387 g/mol. The normalized spacial score (nSPS) is 9.93. The molecule has 8 nitrogen and oxygen atoms in total. The maximum absolute atomic E-state index is 11.8. The van der Waals surface area contributed by atoms with Gasteiger partial charge < -0.3 is 24.3 Å². The fraction of sp³-hybridized carbons (Fsp3) is 0.250. The fourth-order valence-corrected chi connectivity index (χ4v) is 2.21. The van der Waals surface area contributed by atoms with Crippen LogP contribution in [0.1, 0.15) is 15.9 Å². The second-order valence-corrected chi connectivity index (χ2v) is 5.60. The number of hydrogen-bond donors (Lipinski definition) is 1. The summed E-state index contributed by atoms with van der Waals surface area (Å²) in [4.78, 5) is 34.1. The molecule has 0 saturated carbocycles. The van der Waals surface area contributed by atoms with Crippen molar-refractivity contribution in [2.45, 2.75) is 6.54 Å². The molecule has 0 aliphatic heterocycles. The zero-order valence-electron chi connectivity index (χ0n) is 15.6. The summed E-state index contributed by atoms with van der Waals surface area (Å²) in [5, 5.41) is 2.64. The summed E-state index contributed by atoms with van der Waals surface area (Å²) in [7, 11) is 3.07. The zero-order chi connectivity index (χ0) is 20.4. The molecule has 0 aliphatic carbocycles. The van der Waals surface area contributed by atoms with Crippen molar-refractivity contribution in [1.82, 2.24) is 5.32 Å². The van der Waals surface area contributed by atoms with Crippen LogP contribution >= 0.6 is 0 Å². The van der Waals surface area contributed by atoms with Crippen molar-refractivity contribution in [1.29, 1.82) is 0 Å². The van der Waals surface area contributed by atoms with Crippen LogP contribution in [0.2, 0.25) is 0 Å². The highest BCUT2D eigenvalue weighted by Gasteiger charge is 2.10. The number of rotatable bonds is 10. The molecule has 0 unspecified atom stereocenters. The number of benzene rings is 2. The predicted molar refractivity (Wildman–Crippen MR) is 99.7 cm³/mol. The Labute approximate surface area is 162 Å². The Morgan fingerprint density at radius 1 is 0.964 bits per heavy atom. The Morgan fingerprint density at radius 2 is 1.68 bits per heavy atom. The molecule has 0 aliphatic rings. The Morgan fingerprint density at radius 3 is 2.32 bits per heavy atom. The van der Waals surface area contributed by atoms with Gasteiger partial charge in [-0.05, 0) is 42.0 Å². The van der Waals surface area contributed by atoms with Crippen molar-refractivity contribution >= 4 is 18.2 Å². The van der Waals surface area contributed by atoms with E-state index in [9.17, 15) is 14.4 Å². The number of ether oxygens (including phenoxy) is 4. The van der Waals surface area contributed by atoms with E-state index in [1.807, 2.05) is 0 Å². The van der Waals surface area contributed by atoms with Crippen LogP contribution in [-0.2, 0) is 20.9 Å². The van der Waals surface area contributed by atoms with Crippen LogP contribution in [-0.4, -0.2) is 45.6 Å². The number of esters is 1. The lowest BCUT2D eigenvalue weighted by molar-refractivity contribution is -0.150. The summed E-state index contributed by atoms with van der Waals surface area (Å²) in [5.74, 6) is 0.436. The van der Waals surface area contributed by atoms with Gasteiger partial charge in [-0.25, -0.2) is 4.79 Å². The van der Waals surface area contributed by atoms with Crippen molar-refractivity contribution < 1.29 is 33.3 Å². The van der Waals surface area contributed by atoms with Crippen molar-refractivity contribution in [3.63, 3.8) is 0 Å². The number of methoxy groups -OCH3 is 2. The van der Waals surface area contributed by atoms with Crippen LogP contribution in [0.4, 0.5) is 0 Å². The van der Waals surface area contributed by atoms with Crippen LogP contribution < -0.4 is 19.5 Å². The first-order valence-corrected chi connectivity index (χ1v) is 8.37. The standard InChI is InChI=1S/C20H21NO7/c1-25-17-8-5-15(9-18(17)26-2)10-21-19(23)12-28-20(24)13-27-16-6-3-14(11-22)4-7-16/h3-9,11H,10,12-13H2,1-2H3,(H,21,23). The number of amides is 1. The summed E-state index contributed by atoms with van der Waals surface area (Å²) in [6.45, 7) is -0.515. The third-order valence-corrected chi connectivity index (χ3v) is 3.67. The molecule has 1 N–H and O–H groups in total. The van der Waals surface area contributed by atoms with Gasteiger partial charge in [-0.15, -0.1) is 0 Å². The van der Waals surface area contributed by atoms with E-state index >= 15 is 0 Å². The van der Waals surface area contributed by atoms with Crippen LogP contribution in [0.3, 0.4) is 0 Å². The SMILES string of the molecule is COc1ccc(CNC(=O)COC(=O)COc2ccc(C=O)cc2)cc1OC. The van der Waals surface area contributed by atoms with E-state index < -0.39 is 18.5 Å². The summed E-state index contributed by atoms with van der Waals surface area (Å²) in [5.41, 5.74) is 1.31. The molecular formula is C20H21NO7. The number of hydrogen-bond acceptors (Lipinski definition) is 7. The first-order valence-electron chi connectivity index (χ1n) is 8.37. The molecule has 0 bridgehead atoms. The van der Waals surface area contributed by atoms with Crippen molar-refractivity contribution in [3.8, 4) is 17.2 Å². The van der Waals surface area contributed by atoms with Crippen molar-refractivity contribution in [3.05, 3.63) is 53.6 Å². The van der Waals surface area contributed by atoms with Gasteiger partial charge in [0.05, 0.1) is 14.2 Å². The first kappa shape index (κ1) is 20.8. The third-order valence-electron chi connectivity index (χ3n) is 3.67. The van der Waals surface area contributed by atoms with Crippen LogP contribution in [0.25, 0.3) is 0 Å². The van der Waals surface area contributed by atoms with E-state index in [2.05, 4.69) is 5.32 Å². The monoisotopic (exact) mass is 387 g/mol. The lowest BCUT2D eigenvalue weighted by Gasteiger charge is -2.11. The highest BCUT2D eigenvalue weighted by atomic mass is 16.6. The molecule has 8 heteroatoms. The maximum Gasteiger partial charge on any atom is 0.344 e. The van der Waals surface area contributed by atoms with E-state index in [4.69, 9.17) is 18.9 Å². The van der Waals surface area contributed by atoms with E-state index in [0.29, 0.717) is 29.1 Å². The lowest BCUT2D eigenvalue weighted by Crippen LogP contribution is -2.29. The Balaban J connectivity index is 1.71. The summed E-state index contributed by atoms with van der Waals surface area (Å²) in [6, 6.07) is 11.5. The van der Waals surface area contributed by atoms with E-state index in [1.165, 1.54) is 14.2 Å². The molecule has 0 atom stereocenters. The molecule has 2 aromatic rings. The average Bonchev–Trinajstić information content (AvgIpc) is 2.74. The topological polar surface area (TPSA) is 100 Å². The molecule has 0 heterocycles. The number of carbonyl (C=O) groups excluding carboxylic acids is 3. The number of carbonyl (C=O) groups is 3. The van der Waals surface area contributed by atoms with Gasteiger partial charge >= 0.3 is 5.97 Å². The van der Waals surface area contributed by atoms with Gasteiger partial charge in [0.25, 0.3) is 5.91 Å². The van der Waals surface area contributed by atoms with Gasteiger partial charge in [-0.2, -0.15) is 0 Å². The number of aldehydes is 1. The van der Waals surface area contributed by atoms with Gasteiger partial charge in [-0.3, -0.25) is 9.59 Å². The largest absolute Gasteiger partial charge is 0.493 e. The van der Waals surface area contributed by atoms with Crippen LogP contribution in [0, 0.1) is 0 Å². The Hall–Kier alpha value is -3.55. The van der Waals surface area contributed by atoms with Gasteiger partial charge in [0.1, 0.15) is 12.0 Å². The molecule has 0 radical (unpaired) electrons. The molecule has 1 amide bonds. The minimum Gasteiger partial charge on any atom is -0.493 e. The Kier molecular flexibility index (Phi) is 7.83. The molecule has 0 spiro atoms. The molecule has 2 rings (SSSR count). The van der Waals surface area contributed by atoms with Gasteiger partial charge in [0.15, 0.2) is 24.7 Å². The quantitative estimate of drug-likeness (QED) is 0.490. The molecule has 2 aromatic carbocycles. The Bertz CT molecular complexity index is 818.